The molecule has 4 heteroatoms. The van der Waals surface area contributed by atoms with E-state index in [2.05, 4.69) is 10.3 Å². The van der Waals surface area contributed by atoms with Crippen molar-refractivity contribution in [2.24, 2.45) is 0 Å². The predicted molar refractivity (Wildman–Crippen MR) is 61.3 cm³/mol. The molecule has 0 amide bonds. The van der Waals surface area contributed by atoms with Crippen LogP contribution >= 0.6 is 24.0 Å². The van der Waals surface area contributed by atoms with Gasteiger partial charge < -0.3 is 5.32 Å². The molecule has 0 unspecified atom stereocenters. The summed E-state index contributed by atoms with van der Waals surface area (Å²) in [6.07, 6.45) is 6.01. The molecule has 2 nitrogen and oxygen atoms in total. The van der Waals surface area contributed by atoms with E-state index < -0.39 is 0 Å². The Bertz CT molecular complexity index is 285. The van der Waals surface area contributed by atoms with Crippen molar-refractivity contribution in [1.29, 1.82) is 0 Å². The van der Waals surface area contributed by atoms with Crippen molar-refractivity contribution in [3.05, 3.63) is 29.0 Å². The van der Waals surface area contributed by atoms with Gasteiger partial charge >= 0.3 is 0 Å². The lowest BCUT2D eigenvalue weighted by Gasteiger charge is -2.22. The maximum absolute atomic E-state index is 5.89. The summed E-state index contributed by atoms with van der Waals surface area (Å²) in [4.78, 5) is 4.11. The van der Waals surface area contributed by atoms with Crippen molar-refractivity contribution in [2.45, 2.75) is 18.8 Å². The Kier molecular flexibility index (Phi) is 4.66. The molecular formula is C10H14Cl2N2. The van der Waals surface area contributed by atoms with Gasteiger partial charge in [-0.25, -0.2) is 0 Å². The van der Waals surface area contributed by atoms with Gasteiger partial charge in [0, 0.05) is 12.4 Å². The highest BCUT2D eigenvalue weighted by Crippen LogP contribution is 2.25. The average Bonchev–Trinajstić information content (AvgIpc) is 2.19. The van der Waals surface area contributed by atoms with Crippen LogP contribution in [0.25, 0.3) is 0 Å². The molecule has 0 saturated carbocycles. The fourth-order valence-electron chi connectivity index (χ4n) is 1.81. The van der Waals surface area contributed by atoms with E-state index in [1.165, 1.54) is 18.4 Å². The van der Waals surface area contributed by atoms with Gasteiger partial charge in [0.25, 0.3) is 0 Å². The highest BCUT2D eigenvalue weighted by Gasteiger charge is 2.15. The van der Waals surface area contributed by atoms with Crippen molar-refractivity contribution in [2.75, 3.05) is 13.1 Å². The second kappa shape index (κ2) is 5.54. The third-order valence-corrected chi connectivity index (χ3v) is 2.74. The first-order valence-electron chi connectivity index (χ1n) is 4.67. The Morgan fingerprint density at radius 1 is 1.29 bits per heavy atom. The van der Waals surface area contributed by atoms with Crippen molar-refractivity contribution in [1.82, 2.24) is 10.3 Å². The highest BCUT2D eigenvalue weighted by molar-refractivity contribution is 6.30. The molecule has 1 aromatic heterocycles. The first-order valence-corrected chi connectivity index (χ1v) is 5.05. The molecule has 0 spiro atoms. The van der Waals surface area contributed by atoms with E-state index in [9.17, 15) is 0 Å². The van der Waals surface area contributed by atoms with Crippen LogP contribution in [0.2, 0.25) is 5.02 Å². The number of nitrogens with one attached hydrogen (secondary N) is 1. The lowest BCUT2D eigenvalue weighted by molar-refractivity contribution is 0.459. The van der Waals surface area contributed by atoms with Crippen LogP contribution in [-0.4, -0.2) is 18.1 Å². The lowest BCUT2D eigenvalue weighted by atomic mass is 9.91. The molecule has 2 rings (SSSR count). The van der Waals surface area contributed by atoms with E-state index in [-0.39, 0.29) is 12.4 Å². The zero-order valence-corrected chi connectivity index (χ0v) is 9.44. The minimum absolute atomic E-state index is 0. The van der Waals surface area contributed by atoms with Gasteiger partial charge in [-0.3, -0.25) is 4.98 Å². The summed E-state index contributed by atoms with van der Waals surface area (Å²) in [6.45, 7) is 2.22. The molecule has 78 valence electrons. The second-order valence-corrected chi connectivity index (χ2v) is 3.90. The molecule has 2 heterocycles. The van der Waals surface area contributed by atoms with E-state index in [0.717, 1.165) is 18.1 Å². The van der Waals surface area contributed by atoms with Gasteiger partial charge in [0.1, 0.15) is 0 Å². The number of aromatic nitrogens is 1. The minimum Gasteiger partial charge on any atom is -0.317 e. The standard InChI is InChI=1S/C10H13ClN2.ClH/c11-10-5-9(6-13-7-10)8-1-3-12-4-2-8;/h5-8,12H,1-4H2;1H. The summed E-state index contributed by atoms with van der Waals surface area (Å²) in [6, 6.07) is 2.03. The fourth-order valence-corrected chi connectivity index (χ4v) is 1.99. The van der Waals surface area contributed by atoms with Gasteiger partial charge in [-0.05, 0) is 43.5 Å². The van der Waals surface area contributed by atoms with Crippen LogP contribution in [0.4, 0.5) is 0 Å². The van der Waals surface area contributed by atoms with E-state index in [1.807, 2.05) is 12.3 Å². The van der Waals surface area contributed by atoms with Gasteiger partial charge in [0.2, 0.25) is 0 Å². The molecule has 0 aromatic carbocycles. The molecule has 0 bridgehead atoms. The van der Waals surface area contributed by atoms with Gasteiger partial charge in [-0.2, -0.15) is 0 Å². The van der Waals surface area contributed by atoms with E-state index >= 15 is 0 Å². The number of hydrogen-bond donors (Lipinski definition) is 1. The van der Waals surface area contributed by atoms with Crippen molar-refractivity contribution in [3.63, 3.8) is 0 Å². The molecule has 0 radical (unpaired) electrons. The third-order valence-electron chi connectivity index (χ3n) is 2.54. The lowest BCUT2D eigenvalue weighted by Crippen LogP contribution is -2.26. The Morgan fingerprint density at radius 3 is 2.64 bits per heavy atom. The Balaban J connectivity index is 0.000000980. The van der Waals surface area contributed by atoms with Crippen LogP contribution in [0.5, 0.6) is 0 Å². The Hall–Kier alpha value is -0.310. The monoisotopic (exact) mass is 232 g/mol. The molecule has 1 aromatic rings. The Labute approximate surface area is 95.5 Å². The number of nitrogens with zero attached hydrogens (tertiary/aromatic N) is 1. The topological polar surface area (TPSA) is 24.9 Å². The Morgan fingerprint density at radius 2 is 2.00 bits per heavy atom. The molecule has 1 N–H and O–H groups in total. The van der Waals surface area contributed by atoms with Gasteiger partial charge in [0.05, 0.1) is 5.02 Å². The molecule has 1 fully saturated rings. The van der Waals surface area contributed by atoms with Crippen LogP contribution < -0.4 is 5.32 Å². The van der Waals surface area contributed by atoms with E-state index in [4.69, 9.17) is 11.6 Å². The summed E-state index contributed by atoms with van der Waals surface area (Å²) in [5.74, 6) is 0.646. The molecule has 0 aliphatic carbocycles. The summed E-state index contributed by atoms with van der Waals surface area (Å²) < 4.78 is 0. The van der Waals surface area contributed by atoms with E-state index in [1.54, 1.807) is 6.20 Å². The zero-order valence-electron chi connectivity index (χ0n) is 7.87. The second-order valence-electron chi connectivity index (χ2n) is 3.46. The predicted octanol–water partition coefficient (Wildman–Crippen LogP) is 2.62. The zero-order chi connectivity index (χ0) is 9.10. The van der Waals surface area contributed by atoms with Gasteiger partial charge in [0.15, 0.2) is 0 Å². The van der Waals surface area contributed by atoms with Gasteiger partial charge in [-0.1, -0.05) is 11.6 Å². The number of pyridine rings is 1. The SMILES string of the molecule is Cl.Clc1cncc(C2CCNCC2)c1. The molecular weight excluding hydrogens is 219 g/mol. The maximum atomic E-state index is 5.89. The third kappa shape index (κ3) is 2.84. The first-order chi connectivity index (χ1) is 6.36. The van der Waals surface area contributed by atoms with Crippen LogP contribution in [0.15, 0.2) is 18.5 Å². The fraction of sp³-hybridized carbons (Fsp3) is 0.500. The largest absolute Gasteiger partial charge is 0.317 e. The molecule has 1 aliphatic heterocycles. The van der Waals surface area contributed by atoms with Crippen LogP contribution in [-0.2, 0) is 0 Å². The first kappa shape index (κ1) is 11.8. The van der Waals surface area contributed by atoms with Crippen molar-refractivity contribution < 1.29 is 0 Å². The van der Waals surface area contributed by atoms with Crippen molar-refractivity contribution >= 4 is 24.0 Å². The molecule has 1 saturated heterocycles. The van der Waals surface area contributed by atoms with Crippen LogP contribution in [0, 0.1) is 0 Å². The van der Waals surface area contributed by atoms with Crippen molar-refractivity contribution in [3.8, 4) is 0 Å². The summed E-state index contributed by atoms with van der Waals surface area (Å²) in [7, 11) is 0. The maximum Gasteiger partial charge on any atom is 0.0592 e. The summed E-state index contributed by atoms with van der Waals surface area (Å²) in [5, 5.41) is 4.09. The van der Waals surface area contributed by atoms with Crippen LogP contribution in [0.1, 0.15) is 24.3 Å². The summed E-state index contributed by atoms with van der Waals surface area (Å²) in [5.41, 5.74) is 1.29. The molecule has 0 atom stereocenters. The highest BCUT2D eigenvalue weighted by atomic mass is 35.5. The number of piperidine rings is 1. The summed E-state index contributed by atoms with van der Waals surface area (Å²) >= 11 is 5.89. The number of rotatable bonds is 1. The minimum atomic E-state index is 0. The smallest absolute Gasteiger partial charge is 0.0592 e. The van der Waals surface area contributed by atoms with E-state index in [0.29, 0.717) is 5.92 Å². The average molecular weight is 233 g/mol. The quantitative estimate of drug-likeness (QED) is 0.806. The molecule has 14 heavy (non-hydrogen) atoms. The normalized spacial score (nSPS) is 17.5. The van der Waals surface area contributed by atoms with Gasteiger partial charge in [-0.15, -0.1) is 12.4 Å². The number of halogens is 2. The molecule has 1 aliphatic rings. The number of hydrogen-bond acceptors (Lipinski definition) is 2. The van der Waals surface area contributed by atoms with Crippen LogP contribution in [0.3, 0.4) is 0 Å².